The number of ether oxygens (including phenoxy) is 2. The molecule has 3 amide bonds. The summed E-state index contributed by atoms with van der Waals surface area (Å²) in [6.45, 7) is 1.95. The van der Waals surface area contributed by atoms with Crippen LogP contribution in [-0.2, 0) is 9.59 Å². The highest BCUT2D eigenvalue weighted by molar-refractivity contribution is 8.00. The molecule has 42 heavy (non-hydrogen) atoms. The second-order valence-electron chi connectivity index (χ2n) is 9.21. The molecule has 4 rings (SSSR count). The second kappa shape index (κ2) is 14.6. The van der Waals surface area contributed by atoms with E-state index >= 15 is 0 Å². The van der Waals surface area contributed by atoms with E-state index in [1.54, 1.807) is 81.0 Å². The SMILES string of the molecule is COc1cc(NC(=O)CSc2cccc(NC(=O)/C(=C\c3cccc(C)c3)NC(=O)c3ccccc3)c2)cc(OC)c1. The lowest BCUT2D eigenvalue weighted by atomic mass is 10.1. The highest BCUT2D eigenvalue weighted by Crippen LogP contribution is 2.27. The highest BCUT2D eigenvalue weighted by atomic mass is 32.2. The lowest BCUT2D eigenvalue weighted by Gasteiger charge is -2.12. The third kappa shape index (κ3) is 8.74. The lowest BCUT2D eigenvalue weighted by molar-refractivity contribution is -0.114. The van der Waals surface area contributed by atoms with Crippen molar-refractivity contribution < 1.29 is 23.9 Å². The molecule has 0 fully saturated rings. The quantitative estimate of drug-likeness (QED) is 0.145. The van der Waals surface area contributed by atoms with Crippen molar-refractivity contribution in [1.82, 2.24) is 5.32 Å². The Kier molecular flexibility index (Phi) is 10.4. The molecule has 214 valence electrons. The van der Waals surface area contributed by atoms with Crippen molar-refractivity contribution in [2.75, 3.05) is 30.6 Å². The predicted octanol–water partition coefficient (Wildman–Crippen LogP) is 6.15. The molecule has 0 unspecified atom stereocenters. The van der Waals surface area contributed by atoms with E-state index in [9.17, 15) is 14.4 Å². The van der Waals surface area contributed by atoms with Gasteiger partial charge in [0.1, 0.15) is 17.2 Å². The number of benzene rings is 4. The van der Waals surface area contributed by atoms with Crippen LogP contribution in [0.3, 0.4) is 0 Å². The predicted molar refractivity (Wildman–Crippen MR) is 167 cm³/mol. The lowest BCUT2D eigenvalue weighted by Crippen LogP contribution is -2.30. The number of rotatable bonds is 11. The molecule has 4 aromatic carbocycles. The van der Waals surface area contributed by atoms with Gasteiger partial charge in [0, 0.05) is 40.0 Å². The van der Waals surface area contributed by atoms with Gasteiger partial charge in [-0.3, -0.25) is 14.4 Å². The maximum absolute atomic E-state index is 13.4. The number of thioether (sulfide) groups is 1. The molecule has 0 saturated heterocycles. The van der Waals surface area contributed by atoms with Crippen molar-refractivity contribution in [2.45, 2.75) is 11.8 Å². The smallest absolute Gasteiger partial charge is 0.272 e. The Labute approximate surface area is 249 Å². The Morgan fingerprint density at radius 2 is 1.48 bits per heavy atom. The molecule has 0 aromatic heterocycles. The number of nitrogens with one attached hydrogen (secondary N) is 3. The van der Waals surface area contributed by atoms with Crippen LogP contribution in [0.1, 0.15) is 21.5 Å². The van der Waals surface area contributed by atoms with Crippen LogP contribution in [0, 0.1) is 6.92 Å². The minimum Gasteiger partial charge on any atom is -0.497 e. The summed E-state index contributed by atoms with van der Waals surface area (Å²) in [5.74, 6) is 0.189. The standard InChI is InChI=1S/C33H31N3O5S/c1-22-9-7-10-23(15-22)16-30(36-32(38)24-11-5-4-6-12-24)33(39)35-25-13-8-14-29(19-25)42-21-31(37)34-26-17-27(40-2)20-28(18-26)41-3/h4-20H,21H2,1-3H3,(H,34,37)(H,35,39)(H,36,38)/b30-16+. The summed E-state index contributed by atoms with van der Waals surface area (Å²) < 4.78 is 10.5. The van der Waals surface area contributed by atoms with Crippen molar-refractivity contribution in [3.8, 4) is 11.5 Å². The van der Waals surface area contributed by atoms with Crippen LogP contribution < -0.4 is 25.4 Å². The molecule has 0 bridgehead atoms. The molecule has 0 aliphatic heterocycles. The zero-order valence-electron chi connectivity index (χ0n) is 23.5. The molecular formula is C33H31N3O5S. The zero-order valence-corrected chi connectivity index (χ0v) is 24.3. The molecular weight excluding hydrogens is 550 g/mol. The summed E-state index contributed by atoms with van der Waals surface area (Å²) in [4.78, 5) is 39.7. The van der Waals surface area contributed by atoms with E-state index in [0.717, 1.165) is 16.0 Å². The van der Waals surface area contributed by atoms with Crippen molar-refractivity contribution in [3.05, 3.63) is 119 Å². The molecule has 0 aliphatic rings. The normalized spacial score (nSPS) is 10.9. The summed E-state index contributed by atoms with van der Waals surface area (Å²) in [6.07, 6.45) is 1.64. The van der Waals surface area contributed by atoms with E-state index in [1.807, 2.05) is 43.3 Å². The molecule has 4 aromatic rings. The van der Waals surface area contributed by atoms with Crippen LogP contribution >= 0.6 is 11.8 Å². The average Bonchev–Trinajstić information content (AvgIpc) is 3.00. The first kappa shape index (κ1) is 30.0. The third-order valence-electron chi connectivity index (χ3n) is 5.98. The number of carbonyl (C=O) groups excluding carboxylic acids is 3. The van der Waals surface area contributed by atoms with Gasteiger partial charge in [-0.1, -0.05) is 54.1 Å². The number of amides is 3. The summed E-state index contributed by atoms with van der Waals surface area (Å²) in [6, 6.07) is 28.6. The molecule has 0 heterocycles. The van der Waals surface area contributed by atoms with Crippen LogP contribution in [0.4, 0.5) is 11.4 Å². The Bertz CT molecular complexity index is 1580. The van der Waals surface area contributed by atoms with E-state index in [2.05, 4.69) is 16.0 Å². The Hall–Kier alpha value is -5.02. The van der Waals surface area contributed by atoms with E-state index in [4.69, 9.17) is 9.47 Å². The van der Waals surface area contributed by atoms with Gasteiger partial charge in [-0.25, -0.2) is 0 Å². The molecule has 0 saturated carbocycles. The summed E-state index contributed by atoms with van der Waals surface area (Å²) in [5, 5.41) is 8.46. The van der Waals surface area contributed by atoms with Gasteiger partial charge in [-0.2, -0.15) is 0 Å². The number of anilines is 2. The largest absolute Gasteiger partial charge is 0.497 e. The first-order valence-electron chi connectivity index (χ1n) is 13.0. The van der Waals surface area contributed by atoms with Crippen LogP contribution in [0.5, 0.6) is 11.5 Å². The van der Waals surface area contributed by atoms with E-state index in [-0.39, 0.29) is 17.4 Å². The number of aryl methyl sites for hydroxylation is 1. The first-order chi connectivity index (χ1) is 20.3. The molecule has 3 N–H and O–H groups in total. The van der Waals surface area contributed by atoms with Crippen LogP contribution in [0.25, 0.3) is 6.08 Å². The zero-order chi connectivity index (χ0) is 29.9. The van der Waals surface area contributed by atoms with Gasteiger partial charge in [0.25, 0.3) is 11.8 Å². The fourth-order valence-corrected chi connectivity index (χ4v) is 4.71. The van der Waals surface area contributed by atoms with Gasteiger partial charge >= 0.3 is 0 Å². The highest BCUT2D eigenvalue weighted by Gasteiger charge is 2.16. The molecule has 0 aliphatic carbocycles. The van der Waals surface area contributed by atoms with E-state index in [0.29, 0.717) is 28.4 Å². The second-order valence-corrected chi connectivity index (χ2v) is 10.3. The molecule has 0 spiro atoms. The topological polar surface area (TPSA) is 106 Å². The van der Waals surface area contributed by atoms with Gasteiger partial charge in [0.15, 0.2) is 0 Å². The molecule has 0 atom stereocenters. The number of hydrogen-bond acceptors (Lipinski definition) is 6. The molecule has 0 radical (unpaired) electrons. The summed E-state index contributed by atoms with van der Waals surface area (Å²) in [7, 11) is 3.08. The van der Waals surface area contributed by atoms with Gasteiger partial charge in [0.05, 0.1) is 20.0 Å². The van der Waals surface area contributed by atoms with Gasteiger partial charge in [-0.15, -0.1) is 11.8 Å². The van der Waals surface area contributed by atoms with Crippen molar-refractivity contribution in [1.29, 1.82) is 0 Å². The fraction of sp³-hybridized carbons (Fsp3) is 0.121. The Morgan fingerprint density at radius 1 is 0.762 bits per heavy atom. The van der Waals surface area contributed by atoms with Gasteiger partial charge < -0.3 is 25.4 Å². The van der Waals surface area contributed by atoms with Gasteiger partial charge in [-0.05, 0) is 48.9 Å². The van der Waals surface area contributed by atoms with Gasteiger partial charge in [0.2, 0.25) is 5.91 Å². The van der Waals surface area contributed by atoms with E-state index < -0.39 is 11.8 Å². The number of carbonyl (C=O) groups is 3. The van der Waals surface area contributed by atoms with Crippen molar-refractivity contribution in [3.63, 3.8) is 0 Å². The molecule has 9 heteroatoms. The summed E-state index contributed by atoms with van der Waals surface area (Å²) in [5.41, 5.74) is 3.41. The van der Waals surface area contributed by atoms with Crippen LogP contribution in [0.2, 0.25) is 0 Å². The maximum atomic E-state index is 13.4. The van der Waals surface area contributed by atoms with E-state index in [1.165, 1.54) is 11.8 Å². The summed E-state index contributed by atoms with van der Waals surface area (Å²) >= 11 is 1.32. The fourth-order valence-electron chi connectivity index (χ4n) is 3.96. The van der Waals surface area contributed by atoms with Crippen LogP contribution in [-0.4, -0.2) is 37.7 Å². The minimum atomic E-state index is -0.479. The third-order valence-corrected chi connectivity index (χ3v) is 6.97. The van der Waals surface area contributed by atoms with Crippen LogP contribution in [0.15, 0.2) is 108 Å². The number of methoxy groups -OCH3 is 2. The Balaban J connectivity index is 1.44. The van der Waals surface area contributed by atoms with Crippen molar-refractivity contribution >= 4 is 46.9 Å². The number of hydrogen-bond donors (Lipinski definition) is 3. The first-order valence-corrected chi connectivity index (χ1v) is 14.0. The maximum Gasteiger partial charge on any atom is 0.272 e. The molecule has 8 nitrogen and oxygen atoms in total. The average molecular weight is 582 g/mol. The minimum absolute atomic E-state index is 0.0978. The Morgan fingerprint density at radius 3 is 2.17 bits per heavy atom. The van der Waals surface area contributed by atoms with Crippen molar-refractivity contribution in [2.24, 2.45) is 0 Å². The monoisotopic (exact) mass is 581 g/mol.